The summed E-state index contributed by atoms with van der Waals surface area (Å²) >= 11 is 0. The molecule has 1 aliphatic rings. The summed E-state index contributed by atoms with van der Waals surface area (Å²) in [4.78, 5) is 11.3. The number of hydrogen-bond donors (Lipinski definition) is 2. The topological polar surface area (TPSA) is 55.1 Å². The summed E-state index contributed by atoms with van der Waals surface area (Å²) in [5.41, 5.74) is 8.21. The van der Waals surface area contributed by atoms with Gasteiger partial charge in [0.15, 0.2) is 0 Å². The Morgan fingerprint density at radius 3 is 2.71 bits per heavy atom. The van der Waals surface area contributed by atoms with Crippen LogP contribution >= 0.6 is 0 Å². The molecule has 0 heterocycles. The fraction of sp³-hybridized carbons (Fsp3) is 0.364. The molecule has 74 valence electrons. The lowest BCUT2D eigenvalue weighted by Gasteiger charge is -2.06. The number of anilines is 1. The van der Waals surface area contributed by atoms with Gasteiger partial charge in [0.2, 0.25) is 0 Å². The van der Waals surface area contributed by atoms with E-state index in [1.807, 2.05) is 18.2 Å². The van der Waals surface area contributed by atoms with Gasteiger partial charge < -0.3 is 11.1 Å². The number of hydrogen-bond acceptors (Lipinski definition) is 2. The Morgan fingerprint density at radius 2 is 2.21 bits per heavy atom. The van der Waals surface area contributed by atoms with Crippen LogP contribution in [0.1, 0.15) is 34.7 Å². The van der Waals surface area contributed by atoms with Crippen molar-refractivity contribution in [2.45, 2.75) is 18.8 Å². The molecule has 0 saturated heterocycles. The lowest BCUT2D eigenvalue weighted by Crippen LogP contribution is -2.19. The van der Waals surface area contributed by atoms with Crippen molar-refractivity contribution in [3.05, 3.63) is 29.3 Å². The van der Waals surface area contributed by atoms with E-state index in [4.69, 9.17) is 5.73 Å². The SMILES string of the molecule is CNC(=O)c1ccc(C2CC2)cc1N. The Morgan fingerprint density at radius 1 is 1.50 bits per heavy atom. The summed E-state index contributed by atoms with van der Waals surface area (Å²) in [6.45, 7) is 0. The van der Waals surface area contributed by atoms with E-state index in [-0.39, 0.29) is 5.91 Å². The highest BCUT2D eigenvalue weighted by atomic mass is 16.1. The average molecular weight is 190 g/mol. The van der Waals surface area contributed by atoms with Crippen molar-refractivity contribution in [2.24, 2.45) is 0 Å². The maximum atomic E-state index is 11.3. The molecule has 1 aliphatic carbocycles. The molecular formula is C11H14N2O. The molecule has 0 bridgehead atoms. The molecule has 1 aromatic carbocycles. The standard InChI is InChI=1S/C11H14N2O/c1-13-11(14)9-5-4-8(6-10(9)12)7-2-3-7/h4-7H,2-3,12H2,1H3,(H,13,14). The summed E-state index contributed by atoms with van der Waals surface area (Å²) in [5.74, 6) is 0.556. The molecule has 0 unspecified atom stereocenters. The Kier molecular flexibility index (Phi) is 2.15. The molecule has 0 aromatic heterocycles. The van der Waals surface area contributed by atoms with Gasteiger partial charge in [0.05, 0.1) is 5.56 Å². The first-order chi connectivity index (χ1) is 6.72. The third-order valence-corrected chi connectivity index (χ3v) is 2.60. The van der Waals surface area contributed by atoms with Gasteiger partial charge in [-0.1, -0.05) is 6.07 Å². The molecule has 14 heavy (non-hydrogen) atoms. The van der Waals surface area contributed by atoms with Crippen molar-refractivity contribution >= 4 is 11.6 Å². The Bertz CT molecular complexity index is 370. The van der Waals surface area contributed by atoms with Gasteiger partial charge in [0.25, 0.3) is 5.91 Å². The minimum absolute atomic E-state index is 0.121. The van der Waals surface area contributed by atoms with Crippen LogP contribution in [-0.2, 0) is 0 Å². The largest absolute Gasteiger partial charge is 0.398 e. The quantitative estimate of drug-likeness (QED) is 0.694. The number of nitrogen functional groups attached to an aromatic ring is 1. The van der Waals surface area contributed by atoms with Crippen LogP contribution in [0.3, 0.4) is 0 Å². The second-order valence-electron chi connectivity index (χ2n) is 3.70. The van der Waals surface area contributed by atoms with Crippen LogP contribution in [0.15, 0.2) is 18.2 Å². The highest BCUT2D eigenvalue weighted by molar-refractivity contribution is 5.99. The van der Waals surface area contributed by atoms with Crippen LogP contribution in [-0.4, -0.2) is 13.0 Å². The Hall–Kier alpha value is -1.51. The van der Waals surface area contributed by atoms with E-state index in [1.54, 1.807) is 7.05 Å². The molecule has 3 heteroatoms. The first kappa shape index (κ1) is 9.06. The molecule has 3 nitrogen and oxygen atoms in total. The van der Waals surface area contributed by atoms with Crippen molar-refractivity contribution in [1.29, 1.82) is 0 Å². The number of nitrogens with one attached hydrogen (secondary N) is 1. The first-order valence-corrected chi connectivity index (χ1v) is 4.84. The van der Waals surface area contributed by atoms with E-state index in [0.29, 0.717) is 17.2 Å². The number of amides is 1. The van der Waals surface area contributed by atoms with Crippen molar-refractivity contribution in [3.63, 3.8) is 0 Å². The molecule has 3 N–H and O–H groups in total. The van der Waals surface area contributed by atoms with Gasteiger partial charge in [-0.3, -0.25) is 4.79 Å². The van der Waals surface area contributed by atoms with Gasteiger partial charge in [-0.2, -0.15) is 0 Å². The lowest BCUT2D eigenvalue weighted by molar-refractivity contribution is 0.0964. The van der Waals surface area contributed by atoms with Crippen LogP contribution in [0.4, 0.5) is 5.69 Å². The average Bonchev–Trinajstić information content (AvgIpc) is 3.00. The van der Waals surface area contributed by atoms with E-state index in [9.17, 15) is 4.79 Å². The monoisotopic (exact) mass is 190 g/mol. The van der Waals surface area contributed by atoms with Crippen LogP contribution in [0.2, 0.25) is 0 Å². The zero-order chi connectivity index (χ0) is 10.1. The molecule has 2 rings (SSSR count). The first-order valence-electron chi connectivity index (χ1n) is 4.84. The van der Waals surface area contributed by atoms with Gasteiger partial charge in [0, 0.05) is 12.7 Å². The van der Waals surface area contributed by atoms with E-state index in [1.165, 1.54) is 18.4 Å². The summed E-state index contributed by atoms with van der Waals surface area (Å²) in [6.07, 6.45) is 2.50. The van der Waals surface area contributed by atoms with Crippen molar-refractivity contribution in [2.75, 3.05) is 12.8 Å². The summed E-state index contributed by atoms with van der Waals surface area (Å²) in [5, 5.41) is 2.57. The molecule has 0 radical (unpaired) electrons. The molecule has 1 saturated carbocycles. The minimum atomic E-state index is -0.121. The summed E-state index contributed by atoms with van der Waals surface area (Å²) < 4.78 is 0. The van der Waals surface area contributed by atoms with Crippen LogP contribution in [0, 0.1) is 0 Å². The van der Waals surface area contributed by atoms with Gasteiger partial charge >= 0.3 is 0 Å². The van der Waals surface area contributed by atoms with Gasteiger partial charge in [-0.15, -0.1) is 0 Å². The van der Waals surface area contributed by atoms with E-state index >= 15 is 0 Å². The van der Waals surface area contributed by atoms with E-state index in [0.717, 1.165) is 0 Å². The number of benzene rings is 1. The molecule has 1 fully saturated rings. The maximum Gasteiger partial charge on any atom is 0.253 e. The van der Waals surface area contributed by atoms with Crippen molar-refractivity contribution < 1.29 is 4.79 Å². The smallest absolute Gasteiger partial charge is 0.253 e. The number of nitrogens with two attached hydrogens (primary N) is 1. The Balaban J connectivity index is 2.30. The zero-order valence-corrected chi connectivity index (χ0v) is 8.21. The third-order valence-electron chi connectivity index (χ3n) is 2.60. The maximum absolute atomic E-state index is 11.3. The van der Waals surface area contributed by atoms with E-state index in [2.05, 4.69) is 5.32 Å². The van der Waals surface area contributed by atoms with Crippen LogP contribution in [0.5, 0.6) is 0 Å². The van der Waals surface area contributed by atoms with Crippen LogP contribution in [0.25, 0.3) is 0 Å². The van der Waals surface area contributed by atoms with Gasteiger partial charge in [0.1, 0.15) is 0 Å². The van der Waals surface area contributed by atoms with Crippen molar-refractivity contribution in [1.82, 2.24) is 5.32 Å². The molecule has 0 atom stereocenters. The zero-order valence-electron chi connectivity index (χ0n) is 8.21. The summed E-state index contributed by atoms with van der Waals surface area (Å²) in [6, 6.07) is 5.72. The van der Waals surface area contributed by atoms with Gasteiger partial charge in [-0.05, 0) is 36.5 Å². The highest BCUT2D eigenvalue weighted by Gasteiger charge is 2.24. The lowest BCUT2D eigenvalue weighted by atomic mass is 10.1. The highest BCUT2D eigenvalue weighted by Crippen LogP contribution is 2.40. The second-order valence-corrected chi connectivity index (χ2v) is 3.70. The fourth-order valence-electron chi connectivity index (χ4n) is 1.59. The van der Waals surface area contributed by atoms with E-state index < -0.39 is 0 Å². The predicted octanol–water partition coefficient (Wildman–Crippen LogP) is 1.51. The number of carbonyl (C=O) groups excluding carboxylic acids is 1. The second kappa shape index (κ2) is 3.33. The predicted molar refractivity (Wildman–Crippen MR) is 56.2 cm³/mol. The van der Waals surface area contributed by atoms with Crippen molar-refractivity contribution in [3.8, 4) is 0 Å². The summed E-state index contributed by atoms with van der Waals surface area (Å²) in [7, 11) is 1.61. The molecule has 1 amide bonds. The molecule has 0 aliphatic heterocycles. The van der Waals surface area contributed by atoms with Crippen LogP contribution < -0.4 is 11.1 Å². The fourth-order valence-corrected chi connectivity index (χ4v) is 1.59. The molecule has 0 spiro atoms. The number of rotatable bonds is 2. The molecule has 1 aromatic rings. The molecular weight excluding hydrogens is 176 g/mol. The minimum Gasteiger partial charge on any atom is -0.398 e. The van der Waals surface area contributed by atoms with Gasteiger partial charge in [-0.25, -0.2) is 0 Å². The number of carbonyl (C=O) groups is 1. The third kappa shape index (κ3) is 1.58. The normalized spacial score (nSPS) is 15.2. The Labute approximate surface area is 83.3 Å².